The first-order valence-corrected chi connectivity index (χ1v) is 21.5. The second-order valence-electron chi connectivity index (χ2n) is 17.1. The summed E-state index contributed by atoms with van der Waals surface area (Å²) in [5.41, 5.74) is -4.39. The minimum atomic E-state index is -4.64. The summed E-state index contributed by atoms with van der Waals surface area (Å²) in [6, 6.07) is 12.9. The van der Waals surface area contributed by atoms with Gasteiger partial charge in [-0.3, -0.25) is 4.79 Å². The van der Waals surface area contributed by atoms with Gasteiger partial charge in [-0.2, -0.15) is 17.5 Å². The third kappa shape index (κ3) is 5.61. The third-order valence-electron chi connectivity index (χ3n) is 14.8. The summed E-state index contributed by atoms with van der Waals surface area (Å²) in [5, 5.41) is 25.8. The first-order chi connectivity index (χ1) is 26.4. The number of hydrogen-bond acceptors (Lipinski definition) is 8. The molecule has 3 fully saturated rings. The number of thiophene rings is 1. The fourth-order valence-corrected chi connectivity index (χ4v) is 14.4. The van der Waals surface area contributed by atoms with Gasteiger partial charge < -0.3 is 19.7 Å². The molecule has 9 rings (SSSR count). The van der Waals surface area contributed by atoms with Crippen LogP contribution in [0.3, 0.4) is 0 Å². The first kappa shape index (κ1) is 39.3. The second-order valence-corrected chi connectivity index (χ2v) is 20.2. The average molecular weight is 812 g/mol. The van der Waals surface area contributed by atoms with Crippen LogP contribution < -0.4 is 9.47 Å². The number of fused-ring (bicyclic) bond motifs is 1. The number of aliphatic hydroxyl groups is 2. The maximum absolute atomic E-state index is 14.9. The van der Waals surface area contributed by atoms with Crippen molar-refractivity contribution in [2.45, 2.75) is 87.4 Å². The SMILES string of the molecule is COc1ccc(CN(CC2(O)CCC3C45C=CC6(C=C4C(=O)c4cccc(C(F)(F)F)c4)CC(O)CCC6(C)C5CCC32C)S(=O)(=O)c2cccs2)c(OC)c1. The summed E-state index contributed by atoms with van der Waals surface area (Å²) < 4.78 is 83.3. The number of allylic oxidation sites excluding steroid dienone is 4. The number of ether oxygens (including phenoxy) is 2. The standard InChI is InChI=1S/C43H48F3NO7S2/c1-38-15-12-30(48)23-40(38)18-19-42(32(24-40)37(49)27-7-5-8-29(21-27)43(44,45)46)34(38)13-16-39(2)35(42)14-17-41(39,50)26-47(56(51,52)36-9-6-20-55-36)25-28-10-11-31(53-3)22-33(28)54-4/h5-11,18-22,24,30,34-35,48,50H,12-17,23,25-26H2,1-4H3. The molecule has 0 radical (unpaired) electrons. The summed E-state index contributed by atoms with van der Waals surface area (Å²) in [7, 11) is -1.09. The summed E-state index contributed by atoms with van der Waals surface area (Å²) in [6.45, 7) is 3.91. The van der Waals surface area contributed by atoms with Gasteiger partial charge in [0.2, 0.25) is 0 Å². The van der Waals surface area contributed by atoms with E-state index in [9.17, 15) is 36.6 Å². The molecule has 0 amide bonds. The maximum atomic E-state index is 14.9. The van der Waals surface area contributed by atoms with Gasteiger partial charge in [0.05, 0.1) is 31.5 Å². The van der Waals surface area contributed by atoms with Crippen molar-refractivity contribution in [3.63, 3.8) is 0 Å². The largest absolute Gasteiger partial charge is 0.497 e. The molecular formula is C43H48F3NO7S2. The van der Waals surface area contributed by atoms with Crippen molar-refractivity contribution in [1.29, 1.82) is 0 Å². The van der Waals surface area contributed by atoms with E-state index in [-0.39, 0.29) is 46.5 Å². The Morgan fingerprint density at radius 2 is 1.68 bits per heavy atom. The van der Waals surface area contributed by atoms with Crippen molar-refractivity contribution < 1.29 is 46.1 Å². The van der Waals surface area contributed by atoms with Crippen LogP contribution in [0.2, 0.25) is 0 Å². The van der Waals surface area contributed by atoms with E-state index in [1.54, 1.807) is 35.7 Å². The van der Waals surface area contributed by atoms with Crippen LogP contribution in [-0.4, -0.2) is 61.2 Å². The molecule has 1 heterocycles. The molecule has 8 nitrogen and oxygen atoms in total. The predicted molar refractivity (Wildman–Crippen MR) is 206 cm³/mol. The highest BCUT2D eigenvalue weighted by atomic mass is 32.2. The fraction of sp³-hybridized carbons (Fsp3) is 0.512. The van der Waals surface area contributed by atoms with E-state index in [4.69, 9.17) is 9.47 Å². The quantitative estimate of drug-likeness (QED) is 0.156. The predicted octanol–water partition coefficient (Wildman–Crippen LogP) is 8.45. The average Bonchev–Trinajstić information content (AvgIpc) is 3.81. The van der Waals surface area contributed by atoms with Crippen LogP contribution in [0.25, 0.3) is 0 Å². The van der Waals surface area contributed by atoms with Gasteiger partial charge in [-0.05, 0) is 91.8 Å². The molecule has 2 N–H and O–H groups in total. The van der Waals surface area contributed by atoms with Gasteiger partial charge in [-0.25, -0.2) is 8.42 Å². The molecule has 8 atom stereocenters. The lowest BCUT2D eigenvalue weighted by Crippen LogP contribution is -2.67. The van der Waals surface area contributed by atoms with E-state index < -0.39 is 55.5 Å². The number of Topliss-reactive ketones (excluding diaryl/α,β-unsaturated/α-hetero) is 1. The molecule has 56 heavy (non-hydrogen) atoms. The van der Waals surface area contributed by atoms with Crippen LogP contribution in [0.5, 0.6) is 11.5 Å². The van der Waals surface area contributed by atoms with Crippen molar-refractivity contribution in [2.75, 3.05) is 20.8 Å². The van der Waals surface area contributed by atoms with Gasteiger partial charge in [-0.1, -0.05) is 56.3 Å². The second kappa shape index (κ2) is 13.3. The molecule has 3 aromatic rings. The molecule has 0 aliphatic heterocycles. The Morgan fingerprint density at radius 3 is 2.38 bits per heavy atom. The molecule has 0 saturated heterocycles. The Bertz CT molecular complexity index is 2220. The highest BCUT2D eigenvalue weighted by Crippen LogP contribution is 2.78. The fourth-order valence-electron chi connectivity index (χ4n) is 11.8. The number of ketones is 1. The van der Waals surface area contributed by atoms with Crippen molar-refractivity contribution in [3.8, 4) is 11.5 Å². The highest BCUT2D eigenvalue weighted by Gasteiger charge is 2.74. The molecule has 1 aromatic heterocycles. The van der Waals surface area contributed by atoms with Crippen LogP contribution in [0.1, 0.15) is 80.3 Å². The Balaban J connectivity index is 1.23. The number of carbonyl (C=O) groups excluding carboxylic acids is 1. The van der Waals surface area contributed by atoms with Crippen LogP contribution in [0, 0.1) is 33.5 Å². The van der Waals surface area contributed by atoms with Gasteiger partial charge in [0, 0.05) is 52.1 Å². The number of methoxy groups -OCH3 is 2. The molecule has 2 aromatic carbocycles. The molecule has 300 valence electrons. The van der Waals surface area contributed by atoms with Gasteiger partial charge in [0.15, 0.2) is 5.78 Å². The Morgan fingerprint density at radius 1 is 0.946 bits per heavy atom. The monoisotopic (exact) mass is 811 g/mol. The zero-order valence-electron chi connectivity index (χ0n) is 31.9. The topological polar surface area (TPSA) is 113 Å². The van der Waals surface area contributed by atoms with Crippen LogP contribution >= 0.6 is 11.3 Å². The smallest absolute Gasteiger partial charge is 0.416 e. The van der Waals surface area contributed by atoms with E-state index in [0.29, 0.717) is 61.2 Å². The highest BCUT2D eigenvalue weighted by molar-refractivity contribution is 7.91. The number of aliphatic hydroxyl groups excluding tert-OH is 1. The summed E-state index contributed by atoms with van der Waals surface area (Å²) in [5.74, 6) is 0.0438. The Kier molecular flexibility index (Phi) is 9.32. The number of rotatable bonds is 10. The lowest BCUT2D eigenvalue weighted by molar-refractivity contribution is -0.173. The number of alkyl halides is 3. The Hall–Kier alpha value is -3.49. The number of hydrogen-bond donors (Lipinski definition) is 2. The minimum absolute atomic E-state index is 0.0585. The van der Waals surface area contributed by atoms with E-state index >= 15 is 0 Å². The van der Waals surface area contributed by atoms with E-state index in [2.05, 4.69) is 19.1 Å². The third-order valence-corrected chi connectivity index (χ3v) is 17.9. The molecular weight excluding hydrogens is 764 g/mol. The van der Waals surface area contributed by atoms with Gasteiger partial charge >= 0.3 is 6.18 Å². The summed E-state index contributed by atoms with van der Waals surface area (Å²) >= 11 is 1.10. The molecule has 6 aliphatic carbocycles. The summed E-state index contributed by atoms with van der Waals surface area (Å²) in [4.78, 5) is 14.9. The van der Waals surface area contributed by atoms with Gasteiger partial charge in [-0.15, -0.1) is 11.3 Å². The van der Waals surface area contributed by atoms with Crippen molar-refractivity contribution in [2.24, 2.45) is 33.5 Å². The zero-order chi connectivity index (χ0) is 40.1. The van der Waals surface area contributed by atoms with Crippen LogP contribution in [-0.2, 0) is 22.7 Å². The number of sulfonamides is 1. The molecule has 13 heteroatoms. The van der Waals surface area contributed by atoms with Crippen molar-refractivity contribution in [3.05, 3.63) is 100 Å². The van der Waals surface area contributed by atoms with E-state index in [1.165, 1.54) is 30.7 Å². The first-order valence-electron chi connectivity index (χ1n) is 19.2. The lowest BCUT2D eigenvalue weighted by atomic mass is 9.32. The van der Waals surface area contributed by atoms with Crippen molar-refractivity contribution in [1.82, 2.24) is 4.31 Å². The molecule has 3 saturated carbocycles. The summed E-state index contributed by atoms with van der Waals surface area (Å²) in [6.07, 6.45) is 4.51. The van der Waals surface area contributed by atoms with Crippen LogP contribution in [0.15, 0.2) is 88.0 Å². The molecule has 2 spiro atoms. The van der Waals surface area contributed by atoms with Gasteiger partial charge in [0.25, 0.3) is 10.0 Å². The number of nitrogens with zero attached hydrogens (tertiary/aromatic N) is 1. The normalized spacial score (nSPS) is 34.8. The molecule has 2 bridgehead atoms. The maximum Gasteiger partial charge on any atom is 0.416 e. The molecule has 6 aliphatic rings. The zero-order valence-corrected chi connectivity index (χ0v) is 33.6. The van der Waals surface area contributed by atoms with E-state index in [0.717, 1.165) is 23.5 Å². The van der Waals surface area contributed by atoms with Crippen molar-refractivity contribution >= 4 is 27.1 Å². The van der Waals surface area contributed by atoms with Crippen LogP contribution in [0.4, 0.5) is 13.2 Å². The number of halogens is 3. The lowest BCUT2D eigenvalue weighted by Gasteiger charge is -2.71. The Labute approximate surface area is 330 Å². The number of benzene rings is 2. The number of carbonyl (C=O) groups is 1. The van der Waals surface area contributed by atoms with E-state index in [1.807, 2.05) is 13.0 Å². The minimum Gasteiger partial charge on any atom is -0.497 e. The molecule has 8 unspecified atom stereocenters. The van der Waals surface area contributed by atoms with Gasteiger partial charge in [0.1, 0.15) is 15.7 Å².